The van der Waals surface area contributed by atoms with Gasteiger partial charge in [0.15, 0.2) is 11.6 Å². The number of halogens is 3. The molecule has 120 valence electrons. The van der Waals surface area contributed by atoms with Crippen LogP contribution in [0.1, 0.15) is 5.56 Å². The van der Waals surface area contributed by atoms with Gasteiger partial charge in [0, 0.05) is 12.6 Å². The molecule has 0 fully saturated rings. The number of anilines is 1. The Kier molecular flexibility index (Phi) is 5.44. The van der Waals surface area contributed by atoms with E-state index in [0.717, 1.165) is 18.2 Å². The molecule has 0 aliphatic heterocycles. The highest BCUT2D eigenvalue weighted by Crippen LogP contribution is 2.18. The van der Waals surface area contributed by atoms with Crippen molar-refractivity contribution in [2.24, 2.45) is 0 Å². The van der Waals surface area contributed by atoms with Crippen molar-refractivity contribution in [1.82, 2.24) is 0 Å². The molecule has 2 N–H and O–H groups in total. The fourth-order valence-electron chi connectivity index (χ4n) is 1.83. The maximum absolute atomic E-state index is 13.4. The lowest BCUT2D eigenvalue weighted by atomic mass is 10.2. The molecule has 0 spiro atoms. The van der Waals surface area contributed by atoms with Crippen molar-refractivity contribution in [2.45, 2.75) is 6.10 Å². The number of rotatable bonds is 6. The van der Waals surface area contributed by atoms with E-state index in [-0.39, 0.29) is 30.2 Å². The number of nitrogens with one attached hydrogen (secondary N) is 1. The van der Waals surface area contributed by atoms with Gasteiger partial charge in [-0.3, -0.25) is 0 Å². The SMILES string of the molecule is N#Cc1c(F)cccc1NCC(O)COc1ccc(F)c(F)c1. The molecule has 0 aromatic heterocycles. The highest BCUT2D eigenvalue weighted by atomic mass is 19.2. The zero-order valence-electron chi connectivity index (χ0n) is 11.9. The summed E-state index contributed by atoms with van der Waals surface area (Å²) in [5.41, 5.74) is 0.0978. The van der Waals surface area contributed by atoms with Crippen LogP contribution in [0.2, 0.25) is 0 Å². The maximum Gasteiger partial charge on any atom is 0.162 e. The molecule has 0 saturated carbocycles. The van der Waals surface area contributed by atoms with Crippen LogP contribution in [0, 0.1) is 28.8 Å². The first-order valence-electron chi connectivity index (χ1n) is 6.69. The Labute approximate surface area is 130 Å². The molecule has 4 nitrogen and oxygen atoms in total. The van der Waals surface area contributed by atoms with Gasteiger partial charge in [0.1, 0.15) is 35.9 Å². The van der Waals surface area contributed by atoms with Crippen LogP contribution in [0.25, 0.3) is 0 Å². The lowest BCUT2D eigenvalue weighted by Gasteiger charge is -2.15. The summed E-state index contributed by atoms with van der Waals surface area (Å²) in [6.07, 6.45) is -1.00. The number of benzene rings is 2. The first kappa shape index (κ1) is 16.6. The summed E-state index contributed by atoms with van der Waals surface area (Å²) >= 11 is 0. The van der Waals surface area contributed by atoms with Gasteiger partial charge >= 0.3 is 0 Å². The van der Waals surface area contributed by atoms with E-state index in [1.807, 2.05) is 0 Å². The number of nitrogens with zero attached hydrogens (tertiary/aromatic N) is 1. The number of hydrogen-bond acceptors (Lipinski definition) is 4. The third-order valence-electron chi connectivity index (χ3n) is 2.99. The Morgan fingerprint density at radius 2 is 1.91 bits per heavy atom. The van der Waals surface area contributed by atoms with Gasteiger partial charge in [0.2, 0.25) is 0 Å². The van der Waals surface area contributed by atoms with Crippen LogP contribution in [0.5, 0.6) is 5.75 Å². The predicted molar refractivity (Wildman–Crippen MR) is 77.5 cm³/mol. The van der Waals surface area contributed by atoms with E-state index in [9.17, 15) is 18.3 Å². The third-order valence-corrected chi connectivity index (χ3v) is 2.99. The summed E-state index contributed by atoms with van der Waals surface area (Å²) in [6, 6.07) is 8.85. The predicted octanol–water partition coefficient (Wildman–Crippen LogP) is 2.83. The van der Waals surface area contributed by atoms with E-state index in [0.29, 0.717) is 0 Å². The molecule has 0 aliphatic carbocycles. The normalized spacial score (nSPS) is 11.6. The minimum atomic E-state index is -1.05. The van der Waals surface area contributed by atoms with Crippen LogP contribution in [0.4, 0.5) is 18.9 Å². The molecular formula is C16H13F3N2O2. The Balaban J connectivity index is 1.88. The average molecular weight is 322 g/mol. The highest BCUT2D eigenvalue weighted by molar-refractivity contribution is 5.57. The Bertz CT molecular complexity index is 732. The smallest absolute Gasteiger partial charge is 0.162 e. The van der Waals surface area contributed by atoms with Crippen molar-refractivity contribution in [3.05, 3.63) is 59.4 Å². The van der Waals surface area contributed by atoms with Gasteiger partial charge in [-0.15, -0.1) is 0 Å². The fraction of sp³-hybridized carbons (Fsp3) is 0.188. The minimum absolute atomic E-state index is 0.0121. The number of aliphatic hydroxyl groups is 1. The Hall–Kier alpha value is -2.72. The molecule has 0 saturated heterocycles. The van der Waals surface area contributed by atoms with Crippen LogP contribution < -0.4 is 10.1 Å². The molecule has 7 heteroatoms. The molecule has 2 aromatic rings. The second kappa shape index (κ2) is 7.51. The number of aliphatic hydroxyl groups excluding tert-OH is 1. The second-order valence-electron chi connectivity index (χ2n) is 4.70. The van der Waals surface area contributed by atoms with Crippen LogP contribution in [-0.2, 0) is 0 Å². The van der Waals surface area contributed by atoms with Crippen LogP contribution in [-0.4, -0.2) is 24.4 Å². The molecule has 1 unspecified atom stereocenters. The van der Waals surface area contributed by atoms with Gasteiger partial charge in [0.25, 0.3) is 0 Å². The zero-order valence-corrected chi connectivity index (χ0v) is 11.9. The van der Waals surface area contributed by atoms with Crippen LogP contribution in [0.3, 0.4) is 0 Å². The number of nitriles is 1. The molecule has 23 heavy (non-hydrogen) atoms. The summed E-state index contributed by atoms with van der Waals surface area (Å²) in [4.78, 5) is 0. The van der Waals surface area contributed by atoms with E-state index >= 15 is 0 Å². The van der Waals surface area contributed by atoms with Crippen molar-refractivity contribution in [2.75, 3.05) is 18.5 Å². The summed E-state index contributed by atoms with van der Waals surface area (Å²) in [5, 5.41) is 21.4. The number of ether oxygens (including phenoxy) is 1. The molecule has 2 rings (SSSR count). The molecule has 0 radical (unpaired) electrons. The first-order chi connectivity index (χ1) is 11.0. The van der Waals surface area contributed by atoms with Crippen molar-refractivity contribution >= 4 is 5.69 Å². The summed E-state index contributed by atoms with van der Waals surface area (Å²) in [7, 11) is 0. The number of hydrogen-bond donors (Lipinski definition) is 2. The molecule has 1 atom stereocenters. The van der Waals surface area contributed by atoms with Gasteiger partial charge in [-0.2, -0.15) is 5.26 Å². The zero-order chi connectivity index (χ0) is 16.8. The monoisotopic (exact) mass is 322 g/mol. The third kappa shape index (κ3) is 4.37. The van der Waals surface area contributed by atoms with E-state index in [1.165, 1.54) is 18.2 Å². The van der Waals surface area contributed by atoms with E-state index < -0.39 is 23.6 Å². The quantitative estimate of drug-likeness (QED) is 0.858. The second-order valence-corrected chi connectivity index (χ2v) is 4.70. The minimum Gasteiger partial charge on any atom is -0.491 e. The molecule has 0 amide bonds. The largest absolute Gasteiger partial charge is 0.491 e. The Morgan fingerprint density at radius 3 is 2.61 bits per heavy atom. The van der Waals surface area contributed by atoms with Crippen molar-refractivity contribution < 1.29 is 23.0 Å². The molecular weight excluding hydrogens is 309 g/mol. The lowest BCUT2D eigenvalue weighted by Crippen LogP contribution is -2.26. The molecule has 0 heterocycles. The average Bonchev–Trinajstić information content (AvgIpc) is 2.54. The van der Waals surface area contributed by atoms with Crippen molar-refractivity contribution in [3.8, 4) is 11.8 Å². The van der Waals surface area contributed by atoms with Gasteiger partial charge in [-0.05, 0) is 24.3 Å². The molecule has 0 aliphatic rings. The van der Waals surface area contributed by atoms with Crippen molar-refractivity contribution in [1.29, 1.82) is 5.26 Å². The highest BCUT2D eigenvalue weighted by Gasteiger charge is 2.11. The standard InChI is InChI=1S/C16H13F3N2O2/c17-13-2-1-3-16(12(13)7-20)21-8-10(22)9-23-11-4-5-14(18)15(19)6-11/h1-6,10,21-22H,8-9H2. The van der Waals surface area contributed by atoms with E-state index in [4.69, 9.17) is 10.00 Å². The summed E-state index contributed by atoms with van der Waals surface area (Å²) < 4.78 is 44.3. The van der Waals surface area contributed by atoms with Gasteiger partial charge < -0.3 is 15.2 Å². The van der Waals surface area contributed by atoms with Gasteiger partial charge in [-0.25, -0.2) is 13.2 Å². The van der Waals surface area contributed by atoms with Gasteiger partial charge in [0.05, 0.1) is 5.69 Å². The van der Waals surface area contributed by atoms with Gasteiger partial charge in [-0.1, -0.05) is 6.07 Å². The Morgan fingerprint density at radius 1 is 1.13 bits per heavy atom. The topological polar surface area (TPSA) is 65.3 Å². The van der Waals surface area contributed by atoms with E-state index in [1.54, 1.807) is 6.07 Å². The first-order valence-corrected chi connectivity index (χ1v) is 6.69. The van der Waals surface area contributed by atoms with Crippen LogP contribution in [0.15, 0.2) is 36.4 Å². The van der Waals surface area contributed by atoms with Crippen molar-refractivity contribution in [3.63, 3.8) is 0 Å². The molecule has 0 bridgehead atoms. The summed E-state index contributed by atoms with van der Waals surface area (Å²) in [5.74, 6) is -2.63. The maximum atomic E-state index is 13.4. The summed E-state index contributed by atoms with van der Waals surface area (Å²) in [6.45, 7) is -0.197. The molecule has 2 aromatic carbocycles. The van der Waals surface area contributed by atoms with Crippen LogP contribution >= 0.6 is 0 Å². The fourth-order valence-corrected chi connectivity index (χ4v) is 1.83. The van der Waals surface area contributed by atoms with E-state index in [2.05, 4.69) is 5.32 Å². The lowest BCUT2D eigenvalue weighted by molar-refractivity contribution is 0.117.